The third-order valence-corrected chi connectivity index (χ3v) is 2.09. The lowest BCUT2D eigenvalue weighted by Crippen LogP contribution is -2.25. The Balaban J connectivity index is 2.90. The van der Waals surface area contributed by atoms with Gasteiger partial charge in [0.1, 0.15) is 0 Å². The van der Waals surface area contributed by atoms with Crippen LogP contribution in [0.4, 0.5) is 11.4 Å². The van der Waals surface area contributed by atoms with Gasteiger partial charge in [-0.3, -0.25) is 4.79 Å². The Morgan fingerprint density at radius 1 is 1.41 bits per heavy atom. The Labute approximate surface area is 99.1 Å². The van der Waals surface area contributed by atoms with Crippen molar-refractivity contribution in [2.45, 2.75) is 0 Å². The number of nitrogens with one attached hydrogen (secondary N) is 2. The summed E-state index contributed by atoms with van der Waals surface area (Å²) in [6, 6.07) is 4.56. The molecule has 1 aromatic carbocycles. The van der Waals surface area contributed by atoms with E-state index in [9.17, 15) is 9.59 Å². The number of carbonyl (C=O) groups excluding carboxylic acids is 2. The van der Waals surface area contributed by atoms with E-state index in [0.717, 1.165) is 0 Å². The van der Waals surface area contributed by atoms with E-state index < -0.39 is 5.97 Å². The normalized spacial score (nSPS) is 9.76. The van der Waals surface area contributed by atoms with Crippen molar-refractivity contribution in [1.82, 2.24) is 5.32 Å². The van der Waals surface area contributed by atoms with Crippen LogP contribution in [0.1, 0.15) is 10.4 Å². The summed E-state index contributed by atoms with van der Waals surface area (Å²) in [7, 11) is 2.95. The first kappa shape index (κ1) is 13.0. The molecule has 0 aromatic heterocycles. The topological polar surface area (TPSA) is 93.5 Å². The van der Waals surface area contributed by atoms with Crippen LogP contribution in [0.2, 0.25) is 0 Å². The smallest absolute Gasteiger partial charge is 0.337 e. The van der Waals surface area contributed by atoms with Crippen LogP contribution in [-0.2, 0) is 9.53 Å². The predicted octanol–water partition coefficient (Wildman–Crippen LogP) is 0.213. The van der Waals surface area contributed by atoms with Crippen molar-refractivity contribution in [1.29, 1.82) is 0 Å². The van der Waals surface area contributed by atoms with Gasteiger partial charge in [0.05, 0.1) is 30.6 Å². The van der Waals surface area contributed by atoms with Crippen LogP contribution in [0.5, 0.6) is 0 Å². The van der Waals surface area contributed by atoms with Crippen LogP contribution < -0.4 is 16.4 Å². The summed E-state index contributed by atoms with van der Waals surface area (Å²) < 4.78 is 4.58. The van der Waals surface area contributed by atoms with Gasteiger partial charge in [0.15, 0.2) is 0 Å². The molecular weight excluding hydrogens is 222 g/mol. The predicted molar refractivity (Wildman–Crippen MR) is 64.8 cm³/mol. The molecule has 0 unspecified atom stereocenters. The van der Waals surface area contributed by atoms with Crippen LogP contribution in [0, 0.1) is 0 Å². The van der Waals surface area contributed by atoms with E-state index in [1.165, 1.54) is 19.2 Å². The number of hydrogen-bond acceptors (Lipinski definition) is 5. The molecule has 6 nitrogen and oxygen atoms in total. The highest BCUT2D eigenvalue weighted by molar-refractivity contribution is 5.98. The highest BCUT2D eigenvalue weighted by atomic mass is 16.5. The lowest BCUT2D eigenvalue weighted by atomic mass is 10.1. The minimum Gasteiger partial charge on any atom is -0.465 e. The second-order valence-corrected chi connectivity index (χ2v) is 3.37. The number of nitrogens with two attached hydrogens (primary N) is 1. The van der Waals surface area contributed by atoms with Crippen LogP contribution >= 0.6 is 0 Å². The molecule has 0 saturated heterocycles. The number of likely N-dealkylation sites (N-methyl/N-ethyl adjacent to an activating group) is 1. The Bertz CT molecular complexity index is 432. The third kappa shape index (κ3) is 3.46. The van der Waals surface area contributed by atoms with E-state index in [2.05, 4.69) is 15.4 Å². The van der Waals surface area contributed by atoms with Crippen LogP contribution in [0.3, 0.4) is 0 Å². The van der Waals surface area contributed by atoms with Crippen molar-refractivity contribution >= 4 is 23.3 Å². The first-order valence-corrected chi connectivity index (χ1v) is 5.00. The van der Waals surface area contributed by atoms with Gasteiger partial charge >= 0.3 is 5.97 Å². The number of ether oxygens (including phenoxy) is 1. The van der Waals surface area contributed by atoms with Crippen LogP contribution in [0.25, 0.3) is 0 Å². The first-order chi connectivity index (χ1) is 8.08. The van der Waals surface area contributed by atoms with Gasteiger partial charge in [0, 0.05) is 0 Å². The van der Waals surface area contributed by atoms with Crippen molar-refractivity contribution in [3.8, 4) is 0 Å². The Hall–Kier alpha value is -2.08. The maximum atomic E-state index is 11.4. The Morgan fingerprint density at radius 2 is 2.12 bits per heavy atom. The SMILES string of the molecule is CNCC(=O)Nc1cc(C(=O)OC)ccc1N. The molecule has 0 atom stereocenters. The van der Waals surface area contributed by atoms with Crippen molar-refractivity contribution < 1.29 is 14.3 Å². The van der Waals surface area contributed by atoms with E-state index in [1.54, 1.807) is 13.1 Å². The number of methoxy groups -OCH3 is 1. The molecule has 0 saturated carbocycles. The highest BCUT2D eigenvalue weighted by Crippen LogP contribution is 2.20. The van der Waals surface area contributed by atoms with Crippen molar-refractivity contribution in [3.05, 3.63) is 23.8 Å². The molecule has 0 bridgehead atoms. The number of benzene rings is 1. The van der Waals surface area contributed by atoms with Crippen molar-refractivity contribution in [2.24, 2.45) is 0 Å². The summed E-state index contributed by atoms with van der Waals surface area (Å²) in [6.45, 7) is 0.169. The van der Waals surface area contributed by atoms with E-state index >= 15 is 0 Å². The number of rotatable bonds is 4. The van der Waals surface area contributed by atoms with E-state index in [1.807, 2.05) is 0 Å². The zero-order chi connectivity index (χ0) is 12.8. The zero-order valence-electron chi connectivity index (χ0n) is 9.74. The van der Waals surface area contributed by atoms with Gasteiger partial charge in [-0.05, 0) is 25.2 Å². The second kappa shape index (κ2) is 5.86. The Kier molecular flexibility index (Phi) is 4.47. The molecule has 0 spiro atoms. The average Bonchev–Trinajstić information content (AvgIpc) is 2.31. The third-order valence-electron chi connectivity index (χ3n) is 2.09. The first-order valence-electron chi connectivity index (χ1n) is 5.00. The number of hydrogen-bond donors (Lipinski definition) is 3. The molecule has 0 aliphatic heterocycles. The molecule has 0 aliphatic rings. The fraction of sp³-hybridized carbons (Fsp3) is 0.273. The van der Waals surface area contributed by atoms with Gasteiger partial charge in [-0.15, -0.1) is 0 Å². The maximum Gasteiger partial charge on any atom is 0.337 e. The van der Waals surface area contributed by atoms with Gasteiger partial charge in [-0.25, -0.2) is 4.79 Å². The molecule has 17 heavy (non-hydrogen) atoms. The summed E-state index contributed by atoms with van der Waals surface area (Å²) in [4.78, 5) is 22.7. The molecular formula is C11H15N3O3. The molecule has 0 aliphatic carbocycles. The molecule has 92 valence electrons. The molecule has 0 fully saturated rings. The number of carbonyl (C=O) groups is 2. The van der Waals surface area contributed by atoms with Crippen LogP contribution in [-0.4, -0.2) is 32.6 Å². The molecule has 0 radical (unpaired) electrons. The number of esters is 1. The number of amides is 1. The van der Waals surface area contributed by atoms with Gasteiger partial charge in [-0.1, -0.05) is 0 Å². The van der Waals surface area contributed by atoms with Crippen molar-refractivity contribution in [3.63, 3.8) is 0 Å². The molecule has 1 aromatic rings. The standard InChI is InChI=1S/C11H15N3O3/c1-13-6-10(15)14-9-5-7(11(16)17-2)3-4-8(9)12/h3-5,13H,6,12H2,1-2H3,(H,14,15). The summed E-state index contributed by atoms with van der Waals surface area (Å²) >= 11 is 0. The quantitative estimate of drug-likeness (QED) is 0.514. The van der Waals surface area contributed by atoms with Crippen molar-refractivity contribution in [2.75, 3.05) is 31.8 Å². The average molecular weight is 237 g/mol. The van der Waals surface area contributed by atoms with Gasteiger partial charge in [0.2, 0.25) is 5.91 Å². The zero-order valence-corrected chi connectivity index (χ0v) is 9.74. The fourth-order valence-corrected chi connectivity index (χ4v) is 1.26. The van der Waals surface area contributed by atoms with E-state index in [4.69, 9.17) is 5.73 Å². The summed E-state index contributed by atoms with van der Waals surface area (Å²) in [5.41, 5.74) is 6.81. The number of anilines is 2. The molecule has 1 rings (SSSR count). The monoisotopic (exact) mass is 237 g/mol. The largest absolute Gasteiger partial charge is 0.465 e. The van der Waals surface area contributed by atoms with Gasteiger partial charge < -0.3 is 21.1 Å². The molecule has 4 N–H and O–H groups in total. The highest BCUT2D eigenvalue weighted by Gasteiger charge is 2.10. The van der Waals surface area contributed by atoms with E-state index in [-0.39, 0.29) is 12.5 Å². The molecule has 6 heteroatoms. The summed E-state index contributed by atoms with van der Waals surface area (Å²) in [6.07, 6.45) is 0. The fourth-order valence-electron chi connectivity index (χ4n) is 1.26. The van der Waals surface area contributed by atoms with Gasteiger partial charge in [0.25, 0.3) is 0 Å². The maximum absolute atomic E-state index is 11.4. The molecule has 0 heterocycles. The summed E-state index contributed by atoms with van der Waals surface area (Å²) in [5.74, 6) is -0.713. The van der Waals surface area contributed by atoms with E-state index in [0.29, 0.717) is 16.9 Å². The lowest BCUT2D eigenvalue weighted by molar-refractivity contribution is -0.115. The Morgan fingerprint density at radius 3 is 2.71 bits per heavy atom. The number of nitrogen functional groups attached to an aromatic ring is 1. The van der Waals surface area contributed by atoms with Crippen LogP contribution in [0.15, 0.2) is 18.2 Å². The second-order valence-electron chi connectivity index (χ2n) is 3.37. The minimum atomic E-state index is -0.478. The molecule has 1 amide bonds. The minimum absolute atomic E-state index is 0.169. The summed E-state index contributed by atoms with van der Waals surface area (Å²) in [5, 5.41) is 5.31. The lowest BCUT2D eigenvalue weighted by Gasteiger charge is -2.09. The van der Waals surface area contributed by atoms with Gasteiger partial charge in [-0.2, -0.15) is 0 Å².